The molecule has 1 aliphatic rings. The second kappa shape index (κ2) is 5.82. The number of methoxy groups -OCH3 is 1. The summed E-state index contributed by atoms with van der Waals surface area (Å²) in [5.74, 6) is 0.157. The number of rotatable bonds is 5. The highest BCUT2D eigenvalue weighted by molar-refractivity contribution is 7.92. The van der Waals surface area contributed by atoms with E-state index in [-0.39, 0.29) is 11.0 Å². The maximum absolute atomic E-state index is 11.9. The van der Waals surface area contributed by atoms with Gasteiger partial charge in [0.25, 0.3) is 0 Å². The second-order valence-electron chi connectivity index (χ2n) is 4.13. The fraction of sp³-hybridized carbons (Fsp3) is 1.00. The van der Waals surface area contributed by atoms with Gasteiger partial charge in [0.1, 0.15) is 0 Å². The maximum atomic E-state index is 11.9. The molecule has 1 rings (SSSR count). The third-order valence-electron chi connectivity index (χ3n) is 3.11. The van der Waals surface area contributed by atoms with E-state index < -0.39 is 9.84 Å². The first-order chi connectivity index (χ1) is 7.10. The van der Waals surface area contributed by atoms with E-state index in [9.17, 15) is 8.42 Å². The Balaban J connectivity index is 2.54. The molecule has 1 aliphatic carbocycles. The summed E-state index contributed by atoms with van der Waals surface area (Å²) in [5.41, 5.74) is 0. The van der Waals surface area contributed by atoms with Gasteiger partial charge in [0.15, 0.2) is 9.84 Å². The van der Waals surface area contributed by atoms with Crippen molar-refractivity contribution in [3.8, 4) is 0 Å². The number of nitrogens with one attached hydrogen (secondary N) is 1. The molecular formula is C10H21NO3S. The Morgan fingerprint density at radius 1 is 1.40 bits per heavy atom. The van der Waals surface area contributed by atoms with Crippen LogP contribution in [0.4, 0.5) is 0 Å². The predicted octanol–water partition coefficient (Wildman–Crippen LogP) is 0.578. The molecule has 1 fully saturated rings. The molecule has 0 aromatic carbocycles. The second-order valence-corrected chi connectivity index (χ2v) is 6.53. The van der Waals surface area contributed by atoms with Crippen molar-refractivity contribution in [3.63, 3.8) is 0 Å². The lowest BCUT2D eigenvalue weighted by molar-refractivity contribution is 0.216. The van der Waals surface area contributed by atoms with E-state index in [1.807, 2.05) is 7.05 Å². The molecule has 0 heterocycles. The zero-order chi connectivity index (χ0) is 11.3. The largest absolute Gasteiger partial charge is 0.384 e. The van der Waals surface area contributed by atoms with Crippen LogP contribution in [0.5, 0.6) is 0 Å². The van der Waals surface area contributed by atoms with Crippen LogP contribution < -0.4 is 5.32 Å². The van der Waals surface area contributed by atoms with Crippen LogP contribution in [0, 0.1) is 0 Å². The Kier molecular flexibility index (Phi) is 5.02. The van der Waals surface area contributed by atoms with Crippen molar-refractivity contribution < 1.29 is 13.2 Å². The summed E-state index contributed by atoms with van der Waals surface area (Å²) in [4.78, 5) is 0. The van der Waals surface area contributed by atoms with Gasteiger partial charge >= 0.3 is 0 Å². The van der Waals surface area contributed by atoms with Gasteiger partial charge in [-0.15, -0.1) is 0 Å². The van der Waals surface area contributed by atoms with E-state index in [1.54, 1.807) is 0 Å². The molecule has 0 bridgehead atoms. The van der Waals surface area contributed by atoms with Crippen molar-refractivity contribution in [2.75, 3.05) is 26.5 Å². The zero-order valence-electron chi connectivity index (χ0n) is 9.53. The summed E-state index contributed by atoms with van der Waals surface area (Å²) >= 11 is 0. The standard InChI is InChI=1S/C10H21NO3S/c1-11-9-4-3-5-10(8-9)15(12,13)7-6-14-2/h9-11H,3-8H2,1-2H3. The van der Waals surface area contributed by atoms with Crippen LogP contribution in [0.15, 0.2) is 0 Å². The highest BCUT2D eigenvalue weighted by Crippen LogP contribution is 2.24. The fourth-order valence-corrected chi connectivity index (χ4v) is 3.88. The van der Waals surface area contributed by atoms with Crippen molar-refractivity contribution in [3.05, 3.63) is 0 Å². The topological polar surface area (TPSA) is 55.4 Å². The minimum atomic E-state index is -2.95. The van der Waals surface area contributed by atoms with Gasteiger partial charge in [-0.2, -0.15) is 0 Å². The first kappa shape index (κ1) is 12.9. The van der Waals surface area contributed by atoms with Gasteiger partial charge < -0.3 is 10.1 Å². The molecule has 2 atom stereocenters. The van der Waals surface area contributed by atoms with Gasteiger partial charge in [0.05, 0.1) is 17.6 Å². The first-order valence-corrected chi connectivity index (χ1v) is 7.19. The molecule has 0 spiro atoms. The molecule has 1 saturated carbocycles. The Labute approximate surface area is 92.3 Å². The Bertz CT molecular complexity index is 276. The predicted molar refractivity (Wildman–Crippen MR) is 60.8 cm³/mol. The lowest BCUT2D eigenvalue weighted by Gasteiger charge is -2.28. The number of hydrogen-bond acceptors (Lipinski definition) is 4. The first-order valence-electron chi connectivity index (χ1n) is 5.48. The quantitative estimate of drug-likeness (QED) is 0.757. The summed E-state index contributed by atoms with van der Waals surface area (Å²) < 4.78 is 28.6. The third-order valence-corrected chi connectivity index (χ3v) is 5.29. The molecule has 0 amide bonds. The van der Waals surface area contributed by atoms with Crippen LogP contribution in [-0.2, 0) is 14.6 Å². The van der Waals surface area contributed by atoms with Crippen molar-refractivity contribution in [1.29, 1.82) is 0 Å². The van der Waals surface area contributed by atoms with E-state index in [2.05, 4.69) is 5.32 Å². The van der Waals surface area contributed by atoms with E-state index in [4.69, 9.17) is 4.74 Å². The lowest BCUT2D eigenvalue weighted by atomic mass is 9.95. The molecule has 0 saturated heterocycles. The smallest absolute Gasteiger partial charge is 0.155 e. The third kappa shape index (κ3) is 3.74. The van der Waals surface area contributed by atoms with Gasteiger partial charge in [0.2, 0.25) is 0 Å². The van der Waals surface area contributed by atoms with E-state index in [0.29, 0.717) is 12.6 Å². The lowest BCUT2D eigenvalue weighted by Crippen LogP contribution is -2.38. The van der Waals surface area contributed by atoms with Crippen molar-refractivity contribution in [2.45, 2.75) is 37.0 Å². The van der Waals surface area contributed by atoms with Crippen LogP contribution in [-0.4, -0.2) is 46.2 Å². The molecule has 4 nitrogen and oxygen atoms in total. The van der Waals surface area contributed by atoms with Crippen LogP contribution in [0.2, 0.25) is 0 Å². The number of sulfone groups is 1. The van der Waals surface area contributed by atoms with Crippen molar-refractivity contribution in [2.24, 2.45) is 0 Å². The average Bonchev–Trinajstić information content (AvgIpc) is 2.26. The van der Waals surface area contributed by atoms with Gasteiger partial charge in [-0.25, -0.2) is 8.42 Å². The summed E-state index contributed by atoms with van der Waals surface area (Å²) in [6, 6.07) is 0.362. The molecule has 0 aromatic heterocycles. The SMILES string of the molecule is CNC1CCCC(S(=O)(=O)CCOC)C1. The van der Waals surface area contributed by atoms with E-state index in [0.717, 1.165) is 25.7 Å². The summed E-state index contributed by atoms with van der Waals surface area (Å²) in [5, 5.41) is 3.00. The Morgan fingerprint density at radius 3 is 2.73 bits per heavy atom. The van der Waals surface area contributed by atoms with E-state index in [1.165, 1.54) is 7.11 Å². The Morgan fingerprint density at radius 2 is 2.13 bits per heavy atom. The molecule has 0 radical (unpaired) electrons. The highest BCUT2D eigenvalue weighted by Gasteiger charge is 2.30. The van der Waals surface area contributed by atoms with Crippen molar-refractivity contribution >= 4 is 9.84 Å². The minimum Gasteiger partial charge on any atom is -0.384 e. The Hall–Kier alpha value is -0.130. The van der Waals surface area contributed by atoms with Gasteiger partial charge in [-0.3, -0.25) is 0 Å². The molecule has 0 aliphatic heterocycles. The van der Waals surface area contributed by atoms with Crippen molar-refractivity contribution in [1.82, 2.24) is 5.32 Å². The normalized spacial score (nSPS) is 27.9. The summed E-state index contributed by atoms with van der Waals surface area (Å²) in [6.07, 6.45) is 3.65. The van der Waals surface area contributed by atoms with Crippen LogP contribution in [0.3, 0.4) is 0 Å². The molecule has 0 aromatic rings. The highest BCUT2D eigenvalue weighted by atomic mass is 32.2. The van der Waals surface area contributed by atoms with Gasteiger partial charge in [0, 0.05) is 13.2 Å². The molecule has 2 unspecified atom stereocenters. The van der Waals surface area contributed by atoms with E-state index >= 15 is 0 Å². The van der Waals surface area contributed by atoms with Crippen LogP contribution in [0.1, 0.15) is 25.7 Å². The maximum Gasteiger partial charge on any atom is 0.155 e. The summed E-state index contributed by atoms with van der Waals surface area (Å²) in [6.45, 7) is 0.309. The number of ether oxygens (including phenoxy) is 1. The summed E-state index contributed by atoms with van der Waals surface area (Å²) in [7, 11) is 0.479. The average molecular weight is 235 g/mol. The van der Waals surface area contributed by atoms with Gasteiger partial charge in [-0.1, -0.05) is 6.42 Å². The fourth-order valence-electron chi connectivity index (χ4n) is 2.10. The minimum absolute atomic E-state index is 0.157. The molecule has 5 heteroatoms. The van der Waals surface area contributed by atoms with Crippen LogP contribution >= 0.6 is 0 Å². The molecular weight excluding hydrogens is 214 g/mol. The monoisotopic (exact) mass is 235 g/mol. The van der Waals surface area contributed by atoms with Gasteiger partial charge in [-0.05, 0) is 26.3 Å². The molecule has 1 N–H and O–H groups in total. The van der Waals surface area contributed by atoms with Crippen LogP contribution in [0.25, 0.3) is 0 Å². The number of hydrogen-bond donors (Lipinski definition) is 1. The molecule has 90 valence electrons. The molecule has 15 heavy (non-hydrogen) atoms. The zero-order valence-corrected chi connectivity index (χ0v) is 10.3.